The van der Waals surface area contributed by atoms with Crippen molar-refractivity contribution in [2.75, 3.05) is 7.11 Å². The number of aliphatic carboxylic acids is 1. The highest BCUT2D eigenvalue weighted by molar-refractivity contribution is 7.07. The summed E-state index contributed by atoms with van der Waals surface area (Å²) < 4.78 is 5.38. The van der Waals surface area contributed by atoms with Crippen LogP contribution in [0, 0.1) is 0 Å². The van der Waals surface area contributed by atoms with Crippen LogP contribution in [0.15, 0.2) is 59.4 Å². The number of aromatic carboxylic acids is 1. The van der Waals surface area contributed by atoms with E-state index in [9.17, 15) is 19.8 Å². The summed E-state index contributed by atoms with van der Waals surface area (Å²) >= 11 is 1.30. The van der Waals surface area contributed by atoms with Gasteiger partial charge in [0.05, 0.1) is 16.8 Å². The van der Waals surface area contributed by atoms with E-state index in [4.69, 9.17) is 4.74 Å². The third-order valence-electron chi connectivity index (χ3n) is 4.42. The number of benzene rings is 2. The molecule has 6 nitrogen and oxygen atoms in total. The summed E-state index contributed by atoms with van der Waals surface area (Å²) in [5.74, 6) is -2.11. The average molecular weight is 413 g/mol. The van der Waals surface area contributed by atoms with Gasteiger partial charge in [-0.05, 0) is 22.8 Å². The Bertz CT molecular complexity index is 954. The molecule has 2 aromatic carbocycles. The molecule has 1 atom stereocenters. The third kappa shape index (κ3) is 4.70. The second kappa shape index (κ2) is 9.95. The number of thiazole rings is 1. The van der Waals surface area contributed by atoms with Gasteiger partial charge in [-0.2, -0.15) is 0 Å². The zero-order valence-corrected chi connectivity index (χ0v) is 17.3. The predicted molar refractivity (Wildman–Crippen MR) is 112 cm³/mol. The number of carboxylic acid groups (broad SMARTS) is 2. The van der Waals surface area contributed by atoms with Gasteiger partial charge < -0.3 is 14.9 Å². The summed E-state index contributed by atoms with van der Waals surface area (Å²) in [7, 11) is 1.35. The van der Waals surface area contributed by atoms with Gasteiger partial charge in [-0.25, -0.2) is 14.6 Å². The van der Waals surface area contributed by atoms with Crippen molar-refractivity contribution in [3.8, 4) is 11.1 Å². The van der Waals surface area contributed by atoms with Crippen LogP contribution in [-0.2, 0) is 21.6 Å². The van der Waals surface area contributed by atoms with Crippen molar-refractivity contribution in [3.63, 3.8) is 0 Å². The number of hydrogen-bond donors (Lipinski definition) is 2. The zero-order valence-electron chi connectivity index (χ0n) is 16.5. The van der Waals surface area contributed by atoms with Gasteiger partial charge in [-0.15, -0.1) is 11.3 Å². The Labute approximate surface area is 173 Å². The normalized spacial score (nSPS) is 12.4. The van der Waals surface area contributed by atoms with Crippen molar-refractivity contribution in [1.82, 2.24) is 4.98 Å². The van der Waals surface area contributed by atoms with Crippen LogP contribution < -0.4 is 0 Å². The molecule has 0 aliphatic heterocycles. The molecule has 7 heteroatoms. The van der Waals surface area contributed by atoms with E-state index in [1.807, 2.05) is 13.8 Å². The molecular formula is C22H23NO5S. The second-order valence-electron chi connectivity index (χ2n) is 5.93. The number of carbonyl (C=O) groups is 2. The van der Waals surface area contributed by atoms with Crippen LogP contribution in [0.1, 0.15) is 35.5 Å². The largest absolute Gasteiger partial charge is 0.479 e. The van der Waals surface area contributed by atoms with Gasteiger partial charge in [0.1, 0.15) is 0 Å². The quantitative estimate of drug-likeness (QED) is 0.583. The topological polar surface area (TPSA) is 96.7 Å². The van der Waals surface area contributed by atoms with Gasteiger partial charge in [-0.3, -0.25) is 0 Å². The Kier molecular flexibility index (Phi) is 7.64. The molecule has 0 spiro atoms. The van der Waals surface area contributed by atoms with E-state index in [0.29, 0.717) is 11.3 Å². The first-order valence-corrected chi connectivity index (χ1v) is 10.0. The number of nitrogens with zero attached hydrogens (tertiary/aromatic N) is 1. The molecule has 3 rings (SSSR count). The summed E-state index contributed by atoms with van der Waals surface area (Å²) in [5.41, 5.74) is 2.64. The Morgan fingerprint density at radius 1 is 1.07 bits per heavy atom. The highest BCUT2D eigenvalue weighted by Crippen LogP contribution is 2.31. The Balaban J connectivity index is 0.00000145. The first kappa shape index (κ1) is 22.3. The van der Waals surface area contributed by atoms with E-state index in [-0.39, 0.29) is 12.0 Å². The van der Waals surface area contributed by atoms with E-state index in [0.717, 1.165) is 11.1 Å². The molecule has 1 unspecified atom stereocenters. The fourth-order valence-electron chi connectivity index (χ4n) is 2.96. The number of hydrogen-bond acceptors (Lipinski definition) is 5. The second-order valence-corrected chi connectivity index (χ2v) is 6.65. The van der Waals surface area contributed by atoms with E-state index >= 15 is 0 Å². The first-order chi connectivity index (χ1) is 14.0. The summed E-state index contributed by atoms with van der Waals surface area (Å²) in [6.07, 6.45) is 0.101. The molecule has 0 bridgehead atoms. The number of carboxylic acids is 2. The maximum absolute atomic E-state index is 11.9. The number of rotatable bonds is 7. The van der Waals surface area contributed by atoms with Crippen molar-refractivity contribution in [2.24, 2.45) is 0 Å². The van der Waals surface area contributed by atoms with Crippen LogP contribution in [0.25, 0.3) is 11.1 Å². The van der Waals surface area contributed by atoms with Crippen LogP contribution >= 0.6 is 11.3 Å². The van der Waals surface area contributed by atoms with Crippen molar-refractivity contribution < 1.29 is 24.5 Å². The molecule has 0 fully saturated rings. The minimum Gasteiger partial charge on any atom is -0.479 e. The van der Waals surface area contributed by atoms with Crippen molar-refractivity contribution in [3.05, 3.63) is 76.2 Å². The van der Waals surface area contributed by atoms with Gasteiger partial charge in [0.2, 0.25) is 5.60 Å². The first-order valence-electron chi connectivity index (χ1n) is 9.07. The predicted octanol–water partition coefficient (Wildman–Crippen LogP) is 4.70. The van der Waals surface area contributed by atoms with Gasteiger partial charge in [0.25, 0.3) is 0 Å². The van der Waals surface area contributed by atoms with Crippen molar-refractivity contribution in [1.29, 1.82) is 0 Å². The van der Waals surface area contributed by atoms with Crippen LogP contribution in [0.2, 0.25) is 0 Å². The van der Waals surface area contributed by atoms with Gasteiger partial charge in [0.15, 0.2) is 0 Å². The van der Waals surface area contributed by atoms with E-state index in [1.165, 1.54) is 18.4 Å². The van der Waals surface area contributed by atoms with E-state index < -0.39 is 17.5 Å². The minimum atomic E-state index is -1.57. The lowest BCUT2D eigenvalue weighted by atomic mass is 9.90. The van der Waals surface area contributed by atoms with Crippen LogP contribution in [0.3, 0.4) is 0 Å². The van der Waals surface area contributed by atoms with Crippen LogP contribution in [0.5, 0.6) is 0 Å². The van der Waals surface area contributed by atoms with Crippen LogP contribution in [0.4, 0.5) is 0 Å². The maximum atomic E-state index is 11.9. The Morgan fingerprint density at radius 2 is 1.72 bits per heavy atom. The van der Waals surface area contributed by atoms with E-state index in [2.05, 4.69) is 4.98 Å². The summed E-state index contributed by atoms with van der Waals surface area (Å²) in [5, 5.41) is 20.8. The fourth-order valence-corrected chi connectivity index (χ4v) is 3.58. The molecular weight excluding hydrogens is 390 g/mol. The zero-order chi connectivity index (χ0) is 21.4. The highest BCUT2D eigenvalue weighted by atomic mass is 32.1. The Hall–Kier alpha value is -3.03. The Morgan fingerprint density at radius 3 is 2.24 bits per heavy atom. The van der Waals surface area contributed by atoms with E-state index in [1.54, 1.807) is 59.4 Å². The number of aromatic nitrogens is 1. The molecule has 0 saturated heterocycles. The molecule has 29 heavy (non-hydrogen) atoms. The molecule has 0 aliphatic rings. The number of ether oxygens (including phenoxy) is 1. The highest BCUT2D eigenvalue weighted by Gasteiger charge is 2.42. The smallest absolute Gasteiger partial charge is 0.342 e. The lowest BCUT2D eigenvalue weighted by Gasteiger charge is -2.26. The number of methoxy groups -OCH3 is 1. The minimum absolute atomic E-state index is 0.101. The standard InChI is InChI=1S/C20H17NO5S.C2H6/c1-26-20(19(24)25,17-11-27-12-21-17)10-13-6-8-14(9-7-13)15-4-2-3-5-16(15)18(22)23;1-2/h2-9,11-12H,10H2,1H3,(H,22,23)(H,24,25);1-2H3. The maximum Gasteiger partial charge on any atom is 0.342 e. The molecule has 2 N–H and O–H groups in total. The van der Waals surface area contributed by atoms with Crippen molar-refractivity contribution in [2.45, 2.75) is 25.9 Å². The molecule has 1 heterocycles. The molecule has 1 aromatic heterocycles. The lowest BCUT2D eigenvalue weighted by Crippen LogP contribution is -2.40. The van der Waals surface area contributed by atoms with Gasteiger partial charge in [-0.1, -0.05) is 56.3 Å². The van der Waals surface area contributed by atoms with Crippen LogP contribution in [-0.4, -0.2) is 34.2 Å². The van der Waals surface area contributed by atoms with Gasteiger partial charge in [0, 0.05) is 18.9 Å². The molecule has 152 valence electrons. The molecule has 0 radical (unpaired) electrons. The third-order valence-corrected chi connectivity index (χ3v) is 5.00. The summed E-state index contributed by atoms with van der Waals surface area (Å²) in [6, 6.07) is 13.8. The molecule has 0 saturated carbocycles. The van der Waals surface area contributed by atoms with Crippen molar-refractivity contribution >= 4 is 23.3 Å². The fraction of sp³-hybridized carbons (Fsp3) is 0.227. The monoisotopic (exact) mass is 413 g/mol. The summed E-state index contributed by atoms with van der Waals surface area (Å²) in [4.78, 5) is 27.5. The SMILES string of the molecule is CC.COC(Cc1ccc(-c2ccccc2C(=O)O)cc1)(C(=O)O)c1cscn1. The molecule has 3 aromatic rings. The lowest BCUT2D eigenvalue weighted by molar-refractivity contribution is -0.164. The molecule has 0 amide bonds. The summed E-state index contributed by atoms with van der Waals surface area (Å²) in [6.45, 7) is 4.00. The molecule has 0 aliphatic carbocycles. The van der Waals surface area contributed by atoms with Gasteiger partial charge >= 0.3 is 11.9 Å². The average Bonchev–Trinajstić information content (AvgIpc) is 3.29.